The number of rotatable bonds is 18. The van der Waals surface area contributed by atoms with Crippen molar-refractivity contribution in [3.63, 3.8) is 0 Å². The average molecular weight is 1530 g/mol. The number of phenolic OH excluding ortho intramolecular Hbond substituents is 3. The van der Waals surface area contributed by atoms with Gasteiger partial charge in [-0.1, -0.05) is 54.6 Å². The van der Waals surface area contributed by atoms with Crippen LogP contribution in [0.4, 0.5) is 0 Å². The molecule has 0 unspecified atom stereocenters. The van der Waals surface area contributed by atoms with Gasteiger partial charge < -0.3 is 43.7 Å². The summed E-state index contributed by atoms with van der Waals surface area (Å²) >= 11 is 0. The summed E-state index contributed by atoms with van der Waals surface area (Å²) < 4.78 is 36.1. The van der Waals surface area contributed by atoms with Gasteiger partial charge >= 0.3 is 0 Å². The van der Waals surface area contributed by atoms with Gasteiger partial charge in [0.25, 0.3) is 0 Å². The fourth-order valence-corrected chi connectivity index (χ4v) is 19.3. The van der Waals surface area contributed by atoms with Gasteiger partial charge in [0, 0.05) is 0 Å². The lowest BCUT2D eigenvalue weighted by molar-refractivity contribution is 0.130. The minimum Gasteiger partial charge on any atom is -0.508 e. The summed E-state index contributed by atoms with van der Waals surface area (Å²) in [5, 5.41) is 28.5. The van der Waals surface area contributed by atoms with Crippen LogP contribution in [0.5, 0.6) is 51.7 Å². The van der Waals surface area contributed by atoms with E-state index in [1.807, 2.05) is 36.4 Å². The molecule has 13 heteroatoms. The molecule has 0 aliphatic carbocycles. The molecular formula is C96H108O9S4+4. The highest BCUT2D eigenvalue weighted by atomic mass is 32.2. The first kappa shape index (κ1) is 83.3. The molecule has 0 radical (unpaired) electrons. The monoisotopic (exact) mass is 1530 g/mol. The first-order chi connectivity index (χ1) is 51.4. The highest BCUT2D eigenvalue weighted by Gasteiger charge is 2.34. The van der Waals surface area contributed by atoms with Gasteiger partial charge in [0.1, 0.15) is 85.4 Å². The minimum atomic E-state index is -0.373. The predicted octanol–water partition coefficient (Wildman–Crippen LogP) is 25.3. The molecular weight excluding hydrogens is 1430 g/mol. The molecule has 566 valence electrons. The molecule has 3 N–H and O–H groups in total. The smallest absolute Gasteiger partial charge is 0.166 e. The molecule has 0 bridgehead atoms. The molecule has 0 saturated heterocycles. The molecule has 0 aliphatic rings. The number of phenols is 3. The van der Waals surface area contributed by atoms with Crippen LogP contribution in [-0.4, -0.2) is 48.9 Å². The first-order valence-corrected chi connectivity index (χ1v) is 41.6. The molecule has 109 heavy (non-hydrogen) atoms. The Morgan fingerprint density at radius 3 is 0.385 bits per heavy atom. The standard InChI is InChI=1S/C30H39O3S.C26H31O2S.C22H23OS.C18H14O3S/c1-28(2,3)31-22-10-16-25(17-11-22)34(26-18-12-23(13-19-26)32-29(4,5)6)27-20-14-24(15-21-27)33-30(7,8)9;1-25(2,3)27-20-12-16-23(17-13-20)29(22-10-8-7-9-11-22)24-18-14-21(15-19-24)28-26(4,5)6;1-22(2,3)23-18-14-16-21(17-15-18)24(19-10-6-4-7-11-19)20-12-8-5-9-13-20;19-13-1-7-16(8-2-13)22(17-9-3-14(20)4-10-17)18-11-5-15(21)6-12-18/h10-21H,1-9H3;7-19H,1-6H3;4-17H,1-3H3;1-12H,(H2-,19,20,21)/q3*+1;/p+1. The maximum Gasteiger partial charge on any atom is 0.166 e. The molecule has 12 rings (SSSR count). The fourth-order valence-electron chi connectivity index (χ4n) is 11.0. The van der Waals surface area contributed by atoms with Crippen LogP contribution in [0.25, 0.3) is 0 Å². The van der Waals surface area contributed by atoms with E-state index in [4.69, 9.17) is 28.4 Å². The van der Waals surface area contributed by atoms with Gasteiger partial charge in [-0.2, -0.15) is 0 Å². The van der Waals surface area contributed by atoms with Gasteiger partial charge in [-0.25, -0.2) is 0 Å². The summed E-state index contributed by atoms with van der Waals surface area (Å²) in [6, 6.07) is 104. The van der Waals surface area contributed by atoms with Crippen LogP contribution >= 0.6 is 0 Å². The van der Waals surface area contributed by atoms with Crippen LogP contribution in [-0.2, 0) is 43.6 Å². The molecule has 0 spiro atoms. The third-order valence-electron chi connectivity index (χ3n) is 15.1. The summed E-state index contributed by atoms with van der Waals surface area (Å²) in [6.45, 7) is 37.2. The SMILES string of the molecule is CC(C)(C)Oc1ccc([S+](c2ccc(OC(C)(C)C)cc2)c2ccc(OC(C)(C)C)cc2)cc1.CC(C)(C)Oc1ccc([S+](c2ccccc2)c2ccc(OC(C)(C)C)cc2)cc1.CC(C)(C)Oc1ccc([S+](c2ccccc2)c2ccccc2)cc1.Oc1ccc([S+](c2ccc(O)cc2)c2ccc(O)cc2)cc1. The van der Waals surface area contributed by atoms with Crippen molar-refractivity contribution in [1.82, 2.24) is 0 Å². The van der Waals surface area contributed by atoms with E-state index < -0.39 is 0 Å². The highest BCUT2D eigenvalue weighted by molar-refractivity contribution is 7.98. The zero-order chi connectivity index (χ0) is 78.7. The molecule has 12 aromatic rings. The van der Waals surface area contributed by atoms with E-state index in [-0.39, 0.29) is 94.4 Å². The molecule has 0 atom stereocenters. The van der Waals surface area contributed by atoms with Crippen molar-refractivity contribution >= 4 is 43.6 Å². The number of hydrogen-bond donors (Lipinski definition) is 3. The quantitative estimate of drug-likeness (QED) is 0.0722. The van der Waals surface area contributed by atoms with E-state index in [1.54, 1.807) is 36.4 Å². The second-order valence-electron chi connectivity index (χ2n) is 31.8. The van der Waals surface area contributed by atoms with E-state index in [1.165, 1.54) is 44.1 Å². The Morgan fingerprint density at radius 1 is 0.156 bits per heavy atom. The van der Waals surface area contributed by atoms with Crippen molar-refractivity contribution < 1.29 is 43.7 Å². The Kier molecular flexibility index (Phi) is 28.3. The molecule has 0 amide bonds. The first-order valence-electron chi connectivity index (χ1n) is 36.7. The van der Waals surface area contributed by atoms with Gasteiger partial charge in [-0.15, -0.1) is 0 Å². The van der Waals surface area contributed by atoms with Crippen LogP contribution < -0.4 is 28.4 Å². The van der Waals surface area contributed by atoms with Crippen LogP contribution in [0.15, 0.2) is 368 Å². The van der Waals surface area contributed by atoms with Crippen molar-refractivity contribution in [3.05, 3.63) is 309 Å². The second-order valence-corrected chi connectivity index (χ2v) is 39.9. The Morgan fingerprint density at radius 2 is 0.266 bits per heavy atom. The van der Waals surface area contributed by atoms with Crippen molar-refractivity contribution in [2.24, 2.45) is 0 Å². The van der Waals surface area contributed by atoms with Gasteiger partial charge in [-0.3, -0.25) is 0 Å². The maximum absolute atomic E-state index is 9.49. The van der Waals surface area contributed by atoms with E-state index in [0.29, 0.717) is 0 Å². The topological polar surface area (TPSA) is 116 Å². The van der Waals surface area contributed by atoms with Crippen molar-refractivity contribution in [2.45, 2.75) is 217 Å². The lowest BCUT2D eigenvalue weighted by Crippen LogP contribution is -2.23. The molecule has 12 aromatic carbocycles. The third-order valence-corrected chi connectivity index (χ3v) is 24.0. The van der Waals surface area contributed by atoms with Crippen LogP contribution in [0, 0.1) is 0 Å². The predicted molar refractivity (Wildman–Crippen MR) is 453 cm³/mol. The summed E-state index contributed by atoms with van der Waals surface area (Å²) in [6.07, 6.45) is 0. The lowest BCUT2D eigenvalue weighted by Gasteiger charge is -2.22. The van der Waals surface area contributed by atoms with E-state index in [0.717, 1.165) is 49.2 Å². The molecule has 0 fully saturated rings. The highest BCUT2D eigenvalue weighted by Crippen LogP contribution is 2.39. The Balaban J connectivity index is 0.000000170. The fraction of sp³-hybridized carbons (Fsp3) is 0.250. The third kappa shape index (κ3) is 27.4. The van der Waals surface area contributed by atoms with Crippen molar-refractivity contribution in [3.8, 4) is 51.7 Å². The maximum atomic E-state index is 9.49. The van der Waals surface area contributed by atoms with Gasteiger partial charge in [-0.05, 0) is 379 Å². The number of aromatic hydroxyl groups is 3. The lowest BCUT2D eigenvalue weighted by atomic mass is 10.2. The summed E-state index contributed by atoms with van der Waals surface area (Å²) in [4.78, 5) is 14.6. The molecule has 0 aliphatic heterocycles. The Bertz CT molecular complexity index is 4330. The van der Waals surface area contributed by atoms with Gasteiger partial charge in [0.15, 0.2) is 58.7 Å². The van der Waals surface area contributed by atoms with Gasteiger partial charge in [0.2, 0.25) is 0 Å². The number of hydrogen-bond acceptors (Lipinski definition) is 9. The molecule has 0 saturated carbocycles. The number of benzene rings is 12. The Hall–Kier alpha value is -9.76. The zero-order valence-corrected chi connectivity index (χ0v) is 69.6. The van der Waals surface area contributed by atoms with Crippen LogP contribution in [0.3, 0.4) is 0 Å². The average Bonchev–Trinajstić information content (AvgIpc) is 0.833. The van der Waals surface area contributed by atoms with E-state index in [2.05, 4.69) is 361 Å². The van der Waals surface area contributed by atoms with Crippen molar-refractivity contribution in [2.75, 3.05) is 0 Å². The molecule has 0 aromatic heterocycles. The second kappa shape index (κ2) is 37.1. The van der Waals surface area contributed by atoms with Gasteiger partial charge in [0.05, 0.1) is 43.6 Å². The summed E-state index contributed by atoms with van der Waals surface area (Å²) in [5.41, 5.74) is -1.27. The van der Waals surface area contributed by atoms with E-state index >= 15 is 0 Å². The molecule has 0 heterocycles. The molecule has 9 nitrogen and oxygen atoms in total. The normalized spacial score (nSPS) is 11.8. The Labute approximate surface area is 660 Å². The zero-order valence-electron chi connectivity index (χ0n) is 66.4. The summed E-state index contributed by atoms with van der Waals surface area (Å²) in [7, 11) is -0.938. The van der Waals surface area contributed by atoms with E-state index in [9.17, 15) is 15.3 Å². The van der Waals surface area contributed by atoms with Crippen LogP contribution in [0.2, 0.25) is 0 Å². The number of ether oxygens (including phenoxy) is 6. The summed E-state index contributed by atoms with van der Waals surface area (Å²) in [5.74, 6) is 6.01. The van der Waals surface area contributed by atoms with Crippen molar-refractivity contribution in [1.29, 1.82) is 0 Å². The minimum absolute atomic E-state index is 0.102. The van der Waals surface area contributed by atoms with Crippen LogP contribution in [0.1, 0.15) is 125 Å². The largest absolute Gasteiger partial charge is 0.508 e.